The van der Waals surface area contributed by atoms with Crippen molar-refractivity contribution in [3.05, 3.63) is 16.0 Å². The topological polar surface area (TPSA) is 61.8 Å². The third-order valence-electron chi connectivity index (χ3n) is 2.88. The van der Waals surface area contributed by atoms with Gasteiger partial charge in [0, 0.05) is 29.3 Å². The summed E-state index contributed by atoms with van der Waals surface area (Å²) in [6.07, 6.45) is 0. The Bertz CT molecular complexity index is 441. The second-order valence-electron chi connectivity index (χ2n) is 3.64. The highest BCUT2D eigenvalue weighted by Gasteiger charge is 2.48. The standard InChI is InChI=1S/C9H9N3S2.C2H6/c10-1-5-7-6(14-8(5)11)2-13-9(7)3-12-4-9;1-2/h12H,2-4,11H2;1-2H3. The zero-order chi connectivity index (χ0) is 11.8. The van der Waals surface area contributed by atoms with E-state index >= 15 is 0 Å². The van der Waals surface area contributed by atoms with Gasteiger partial charge in [-0.1, -0.05) is 13.8 Å². The van der Waals surface area contributed by atoms with Crippen molar-refractivity contribution in [2.75, 3.05) is 18.8 Å². The minimum atomic E-state index is 0.175. The third-order valence-corrected chi connectivity index (χ3v) is 5.56. The first-order valence-corrected chi connectivity index (χ1v) is 7.23. The smallest absolute Gasteiger partial charge is 0.104 e. The van der Waals surface area contributed by atoms with Crippen molar-refractivity contribution in [3.63, 3.8) is 0 Å². The van der Waals surface area contributed by atoms with Gasteiger partial charge in [-0.05, 0) is 0 Å². The molecular formula is C11H15N3S2. The summed E-state index contributed by atoms with van der Waals surface area (Å²) in [6, 6.07) is 2.24. The van der Waals surface area contributed by atoms with E-state index in [1.54, 1.807) is 11.3 Å². The molecule has 3 rings (SSSR count). The molecule has 0 aromatic carbocycles. The first kappa shape index (κ1) is 11.8. The number of nitrogens with zero attached hydrogens (tertiary/aromatic N) is 1. The predicted molar refractivity (Wildman–Crippen MR) is 70.6 cm³/mol. The number of nitrogens with two attached hydrogens (primary N) is 1. The highest BCUT2D eigenvalue weighted by atomic mass is 32.2. The van der Waals surface area contributed by atoms with E-state index in [-0.39, 0.29) is 4.75 Å². The molecule has 0 unspecified atom stereocenters. The van der Waals surface area contributed by atoms with Crippen molar-refractivity contribution in [1.29, 1.82) is 5.26 Å². The second-order valence-corrected chi connectivity index (χ2v) is 6.13. The Balaban J connectivity index is 0.000000457. The minimum absolute atomic E-state index is 0.175. The van der Waals surface area contributed by atoms with E-state index in [0.29, 0.717) is 5.00 Å². The van der Waals surface area contributed by atoms with Crippen LogP contribution in [0.25, 0.3) is 0 Å². The van der Waals surface area contributed by atoms with Gasteiger partial charge in [-0.15, -0.1) is 23.1 Å². The maximum atomic E-state index is 9.07. The van der Waals surface area contributed by atoms with Crippen LogP contribution in [0.2, 0.25) is 0 Å². The first-order chi connectivity index (χ1) is 7.77. The summed E-state index contributed by atoms with van der Waals surface area (Å²) < 4.78 is 0.175. The fraction of sp³-hybridized carbons (Fsp3) is 0.545. The molecule has 1 fully saturated rings. The molecule has 16 heavy (non-hydrogen) atoms. The van der Waals surface area contributed by atoms with E-state index < -0.39 is 0 Å². The Kier molecular flexibility index (Phi) is 3.15. The maximum Gasteiger partial charge on any atom is 0.104 e. The predicted octanol–water partition coefficient (Wildman–Crippen LogP) is 2.27. The van der Waals surface area contributed by atoms with Crippen molar-refractivity contribution >= 4 is 28.1 Å². The Labute approximate surface area is 104 Å². The van der Waals surface area contributed by atoms with E-state index in [9.17, 15) is 0 Å². The number of hydrogen-bond acceptors (Lipinski definition) is 5. The minimum Gasteiger partial charge on any atom is -0.389 e. The van der Waals surface area contributed by atoms with E-state index in [2.05, 4.69) is 11.4 Å². The van der Waals surface area contributed by atoms with Crippen LogP contribution in [-0.4, -0.2) is 13.1 Å². The molecule has 0 aliphatic carbocycles. The van der Waals surface area contributed by atoms with Crippen LogP contribution in [0.4, 0.5) is 5.00 Å². The zero-order valence-electron chi connectivity index (χ0n) is 9.46. The van der Waals surface area contributed by atoms with Gasteiger partial charge in [0.05, 0.1) is 10.3 Å². The molecule has 2 aliphatic heterocycles. The number of fused-ring (bicyclic) bond motifs is 2. The van der Waals surface area contributed by atoms with E-state index in [0.717, 1.165) is 24.4 Å². The molecule has 0 amide bonds. The number of hydrogen-bond donors (Lipinski definition) is 2. The number of rotatable bonds is 0. The first-order valence-electron chi connectivity index (χ1n) is 5.43. The number of thiophene rings is 1. The van der Waals surface area contributed by atoms with Gasteiger partial charge in [-0.25, -0.2) is 0 Å². The molecule has 86 valence electrons. The van der Waals surface area contributed by atoms with Gasteiger partial charge >= 0.3 is 0 Å². The molecule has 1 aromatic heterocycles. The number of nitriles is 1. The average Bonchev–Trinajstić information content (AvgIpc) is 2.75. The van der Waals surface area contributed by atoms with Gasteiger partial charge in [0.15, 0.2) is 0 Å². The molecule has 1 saturated heterocycles. The summed E-state index contributed by atoms with van der Waals surface area (Å²) in [7, 11) is 0. The molecule has 3 nitrogen and oxygen atoms in total. The van der Waals surface area contributed by atoms with Gasteiger partial charge in [-0.2, -0.15) is 5.26 Å². The van der Waals surface area contributed by atoms with Crippen molar-refractivity contribution in [2.24, 2.45) is 0 Å². The SMILES string of the molecule is CC.N#Cc1c(N)sc2c1C1(CNC1)SC2. The lowest BCUT2D eigenvalue weighted by molar-refractivity contribution is 0.408. The lowest BCUT2D eigenvalue weighted by Crippen LogP contribution is -2.53. The molecule has 3 heterocycles. The molecule has 0 saturated carbocycles. The number of nitrogen functional groups attached to an aromatic ring is 1. The van der Waals surface area contributed by atoms with E-state index in [1.807, 2.05) is 25.6 Å². The van der Waals surface area contributed by atoms with Crippen molar-refractivity contribution in [1.82, 2.24) is 5.32 Å². The third kappa shape index (κ3) is 1.45. The molecule has 3 N–H and O–H groups in total. The second kappa shape index (κ2) is 4.28. The maximum absolute atomic E-state index is 9.07. The highest BCUT2D eigenvalue weighted by molar-refractivity contribution is 8.00. The zero-order valence-corrected chi connectivity index (χ0v) is 11.1. The van der Waals surface area contributed by atoms with Crippen LogP contribution in [0, 0.1) is 11.3 Å². The summed E-state index contributed by atoms with van der Waals surface area (Å²) >= 11 is 3.53. The largest absolute Gasteiger partial charge is 0.389 e. The lowest BCUT2D eigenvalue weighted by atomic mass is 9.90. The Morgan fingerprint density at radius 3 is 2.62 bits per heavy atom. The molecule has 2 aliphatic rings. The van der Waals surface area contributed by atoms with Crippen LogP contribution >= 0.6 is 23.1 Å². The molecule has 0 radical (unpaired) electrons. The monoisotopic (exact) mass is 253 g/mol. The number of anilines is 1. The fourth-order valence-corrected chi connectivity index (χ4v) is 4.82. The summed E-state index contributed by atoms with van der Waals surface area (Å²) in [6.45, 7) is 5.96. The van der Waals surface area contributed by atoms with Crippen molar-refractivity contribution in [3.8, 4) is 6.07 Å². The fourth-order valence-electron chi connectivity index (χ4n) is 2.10. The van der Waals surface area contributed by atoms with Crippen LogP contribution in [0.15, 0.2) is 0 Å². The number of thioether (sulfide) groups is 1. The van der Waals surface area contributed by atoms with Crippen LogP contribution < -0.4 is 11.1 Å². The van der Waals surface area contributed by atoms with Crippen LogP contribution in [0.3, 0.4) is 0 Å². The van der Waals surface area contributed by atoms with Gasteiger partial charge in [-0.3, -0.25) is 0 Å². The van der Waals surface area contributed by atoms with E-state index in [1.165, 1.54) is 10.4 Å². The molecular weight excluding hydrogens is 238 g/mol. The van der Waals surface area contributed by atoms with Crippen LogP contribution in [0.1, 0.15) is 29.9 Å². The van der Waals surface area contributed by atoms with Crippen molar-refractivity contribution < 1.29 is 0 Å². The quantitative estimate of drug-likeness (QED) is 0.744. The molecule has 1 aromatic rings. The Morgan fingerprint density at radius 1 is 1.44 bits per heavy atom. The van der Waals surface area contributed by atoms with Crippen LogP contribution in [-0.2, 0) is 10.5 Å². The summed E-state index contributed by atoms with van der Waals surface area (Å²) in [5.74, 6) is 1.02. The molecule has 5 heteroatoms. The van der Waals surface area contributed by atoms with Gasteiger partial charge < -0.3 is 11.1 Å². The van der Waals surface area contributed by atoms with E-state index in [4.69, 9.17) is 11.0 Å². The van der Waals surface area contributed by atoms with Gasteiger partial charge in [0.2, 0.25) is 0 Å². The normalized spacial score (nSPS) is 19.3. The number of nitrogens with one attached hydrogen (secondary N) is 1. The molecule has 0 atom stereocenters. The Hall–Kier alpha value is -0.700. The summed E-state index contributed by atoms with van der Waals surface area (Å²) in [5.41, 5.74) is 7.79. The lowest BCUT2D eigenvalue weighted by Gasteiger charge is -2.39. The summed E-state index contributed by atoms with van der Waals surface area (Å²) in [4.78, 5) is 1.31. The molecule has 0 bridgehead atoms. The van der Waals surface area contributed by atoms with Crippen LogP contribution in [0.5, 0.6) is 0 Å². The average molecular weight is 253 g/mol. The Morgan fingerprint density at radius 2 is 2.12 bits per heavy atom. The van der Waals surface area contributed by atoms with Gasteiger partial charge in [0.25, 0.3) is 0 Å². The van der Waals surface area contributed by atoms with Crippen molar-refractivity contribution in [2.45, 2.75) is 24.3 Å². The summed E-state index contributed by atoms with van der Waals surface area (Å²) in [5, 5.41) is 13.0. The van der Waals surface area contributed by atoms with Gasteiger partial charge in [0.1, 0.15) is 11.1 Å². The highest BCUT2D eigenvalue weighted by Crippen LogP contribution is 2.54. The molecule has 1 spiro atoms.